The first-order valence-corrected chi connectivity index (χ1v) is 8.48. The molecule has 0 spiro atoms. The molecule has 0 aliphatic rings. The summed E-state index contributed by atoms with van der Waals surface area (Å²) in [5.41, 5.74) is 11.2. The summed E-state index contributed by atoms with van der Waals surface area (Å²) in [5, 5.41) is 5.25. The number of anilines is 1. The van der Waals surface area contributed by atoms with Gasteiger partial charge in [-0.3, -0.25) is 0 Å². The van der Waals surface area contributed by atoms with E-state index in [1.807, 2.05) is 36.4 Å². The van der Waals surface area contributed by atoms with Gasteiger partial charge in [0.1, 0.15) is 11.5 Å². The summed E-state index contributed by atoms with van der Waals surface area (Å²) in [6.45, 7) is 4.15. The van der Waals surface area contributed by atoms with E-state index in [-0.39, 0.29) is 0 Å². The van der Waals surface area contributed by atoms with Crippen molar-refractivity contribution in [3.63, 3.8) is 0 Å². The Balaban J connectivity index is 2.05. The van der Waals surface area contributed by atoms with Crippen molar-refractivity contribution >= 4 is 22.2 Å². The van der Waals surface area contributed by atoms with Crippen LogP contribution in [0.25, 0.3) is 16.5 Å². The maximum Gasteiger partial charge on any atom is 0.136 e. The van der Waals surface area contributed by atoms with Crippen molar-refractivity contribution in [2.24, 2.45) is 5.73 Å². The van der Waals surface area contributed by atoms with Crippen molar-refractivity contribution in [2.75, 3.05) is 19.5 Å². The van der Waals surface area contributed by atoms with E-state index in [1.54, 1.807) is 20.4 Å². The van der Waals surface area contributed by atoms with E-state index in [9.17, 15) is 0 Å². The maximum absolute atomic E-state index is 6.38. The van der Waals surface area contributed by atoms with Crippen molar-refractivity contribution in [3.8, 4) is 11.5 Å². The number of fused-ring (bicyclic) bond motifs is 1. The van der Waals surface area contributed by atoms with E-state index >= 15 is 0 Å². The fourth-order valence-corrected chi connectivity index (χ4v) is 3.13. The molecule has 4 nitrogen and oxygen atoms in total. The smallest absolute Gasteiger partial charge is 0.136 e. The first kappa shape index (κ1) is 17.7. The van der Waals surface area contributed by atoms with Gasteiger partial charge >= 0.3 is 0 Å². The Bertz CT molecular complexity index is 977. The molecular formula is C22H24N2O2. The van der Waals surface area contributed by atoms with Crippen LogP contribution in [-0.2, 0) is 0 Å². The van der Waals surface area contributed by atoms with Gasteiger partial charge in [0.25, 0.3) is 0 Å². The molecule has 3 aromatic rings. The van der Waals surface area contributed by atoms with Crippen LogP contribution >= 0.6 is 0 Å². The van der Waals surface area contributed by atoms with E-state index in [0.29, 0.717) is 5.70 Å². The van der Waals surface area contributed by atoms with E-state index < -0.39 is 0 Å². The number of benzene rings is 3. The predicted molar refractivity (Wildman–Crippen MR) is 109 cm³/mol. The SMILES string of the molecule is COc1cc(/C(N)=C/Nc2ccc(C)cc2C)c(OC)c2ccccc12. The Hall–Kier alpha value is -3.14. The third kappa shape index (κ3) is 3.31. The third-order valence-corrected chi connectivity index (χ3v) is 4.46. The van der Waals surface area contributed by atoms with Crippen molar-refractivity contribution in [2.45, 2.75) is 13.8 Å². The van der Waals surface area contributed by atoms with Crippen LogP contribution in [0.3, 0.4) is 0 Å². The molecule has 0 heterocycles. The molecule has 0 radical (unpaired) electrons. The summed E-state index contributed by atoms with van der Waals surface area (Å²) in [6.07, 6.45) is 1.80. The summed E-state index contributed by atoms with van der Waals surface area (Å²) < 4.78 is 11.2. The van der Waals surface area contributed by atoms with Gasteiger partial charge in [-0.15, -0.1) is 0 Å². The molecule has 0 saturated heterocycles. The van der Waals surface area contributed by atoms with Gasteiger partial charge in [0.05, 0.1) is 19.9 Å². The van der Waals surface area contributed by atoms with Gasteiger partial charge in [-0.2, -0.15) is 0 Å². The van der Waals surface area contributed by atoms with E-state index in [0.717, 1.165) is 39.1 Å². The highest BCUT2D eigenvalue weighted by Gasteiger charge is 2.15. The molecule has 0 saturated carbocycles. The molecule has 26 heavy (non-hydrogen) atoms. The Labute approximate surface area is 154 Å². The molecule has 3 aromatic carbocycles. The molecule has 0 aliphatic carbocycles. The second-order valence-electron chi connectivity index (χ2n) is 6.27. The highest BCUT2D eigenvalue weighted by Crippen LogP contribution is 2.38. The van der Waals surface area contributed by atoms with Crippen molar-refractivity contribution < 1.29 is 9.47 Å². The Morgan fingerprint density at radius 1 is 0.962 bits per heavy atom. The molecule has 0 aromatic heterocycles. The minimum absolute atomic E-state index is 0.575. The van der Waals surface area contributed by atoms with Gasteiger partial charge in [0.2, 0.25) is 0 Å². The lowest BCUT2D eigenvalue weighted by atomic mass is 10.0. The molecule has 0 bridgehead atoms. The van der Waals surface area contributed by atoms with Gasteiger partial charge in [0, 0.05) is 28.2 Å². The molecule has 134 valence electrons. The number of aryl methyl sites for hydroxylation is 2. The Morgan fingerprint density at radius 3 is 2.35 bits per heavy atom. The van der Waals surface area contributed by atoms with Gasteiger partial charge in [-0.1, -0.05) is 42.0 Å². The van der Waals surface area contributed by atoms with Crippen LogP contribution in [-0.4, -0.2) is 14.2 Å². The molecule has 0 atom stereocenters. The minimum atomic E-state index is 0.575. The quantitative estimate of drug-likeness (QED) is 0.692. The normalized spacial score (nSPS) is 11.5. The summed E-state index contributed by atoms with van der Waals surface area (Å²) in [5.74, 6) is 1.50. The van der Waals surface area contributed by atoms with E-state index in [4.69, 9.17) is 15.2 Å². The summed E-state index contributed by atoms with van der Waals surface area (Å²) in [6, 6.07) is 16.1. The van der Waals surface area contributed by atoms with Gasteiger partial charge in [-0.25, -0.2) is 0 Å². The fraction of sp³-hybridized carbons (Fsp3) is 0.182. The standard InChI is InChI=1S/C22H24N2O2/c1-14-9-10-20(15(2)11-14)24-13-19(23)18-12-21(25-3)16-7-5-6-8-17(16)22(18)26-4/h5-13,24H,23H2,1-4H3/b19-13-. The second kappa shape index (κ2) is 7.40. The van der Waals surface area contributed by atoms with Gasteiger partial charge in [0.15, 0.2) is 0 Å². The molecule has 3 N–H and O–H groups in total. The molecule has 0 aliphatic heterocycles. The number of nitrogens with one attached hydrogen (secondary N) is 1. The fourth-order valence-electron chi connectivity index (χ4n) is 3.13. The number of rotatable bonds is 5. The molecule has 0 fully saturated rings. The lowest BCUT2D eigenvalue weighted by Crippen LogP contribution is -2.04. The van der Waals surface area contributed by atoms with Crippen molar-refractivity contribution in [1.29, 1.82) is 0 Å². The predicted octanol–water partition coefficient (Wildman–Crippen LogP) is 4.84. The molecule has 0 unspecified atom stereocenters. The van der Waals surface area contributed by atoms with Crippen molar-refractivity contribution in [1.82, 2.24) is 0 Å². The maximum atomic E-state index is 6.38. The molecule has 3 rings (SSSR count). The summed E-state index contributed by atoms with van der Waals surface area (Å²) in [4.78, 5) is 0. The number of methoxy groups -OCH3 is 2. The summed E-state index contributed by atoms with van der Waals surface area (Å²) in [7, 11) is 3.31. The van der Waals surface area contributed by atoms with Crippen LogP contribution in [0.2, 0.25) is 0 Å². The summed E-state index contributed by atoms with van der Waals surface area (Å²) >= 11 is 0. The zero-order chi connectivity index (χ0) is 18.7. The Morgan fingerprint density at radius 2 is 1.69 bits per heavy atom. The second-order valence-corrected chi connectivity index (χ2v) is 6.27. The molecule has 0 amide bonds. The highest BCUT2D eigenvalue weighted by molar-refractivity contribution is 5.97. The van der Waals surface area contributed by atoms with Crippen LogP contribution in [0.5, 0.6) is 11.5 Å². The third-order valence-electron chi connectivity index (χ3n) is 4.46. The van der Waals surface area contributed by atoms with Crippen LogP contribution in [0.1, 0.15) is 16.7 Å². The van der Waals surface area contributed by atoms with E-state index in [2.05, 4.69) is 31.3 Å². The van der Waals surface area contributed by atoms with Gasteiger partial charge in [-0.05, 0) is 31.5 Å². The van der Waals surface area contributed by atoms with Crippen LogP contribution < -0.4 is 20.5 Å². The molecule has 4 heteroatoms. The largest absolute Gasteiger partial charge is 0.496 e. The average Bonchev–Trinajstić information content (AvgIpc) is 2.65. The number of hydrogen-bond acceptors (Lipinski definition) is 4. The Kier molecular flexibility index (Phi) is 5.03. The van der Waals surface area contributed by atoms with Crippen LogP contribution in [0, 0.1) is 13.8 Å². The molecular weight excluding hydrogens is 324 g/mol. The highest BCUT2D eigenvalue weighted by atomic mass is 16.5. The topological polar surface area (TPSA) is 56.5 Å². The van der Waals surface area contributed by atoms with Gasteiger partial charge < -0.3 is 20.5 Å². The monoisotopic (exact) mass is 348 g/mol. The first-order valence-electron chi connectivity index (χ1n) is 8.48. The average molecular weight is 348 g/mol. The van der Waals surface area contributed by atoms with Crippen LogP contribution in [0.15, 0.2) is 54.7 Å². The number of ether oxygens (including phenoxy) is 2. The first-order chi connectivity index (χ1) is 12.5. The minimum Gasteiger partial charge on any atom is -0.496 e. The zero-order valence-corrected chi connectivity index (χ0v) is 15.6. The lowest BCUT2D eigenvalue weighted by molar-refractivity contribution is 0.409. The lowest BCUT2D eigenvalue weighted by Gasteiger charge is -2.16. The van der Waals surface area contributed by atoms with Crippen molar-refractivity contribution in [3.05, 3.63) is 71.4 Å². The van der Waals surface area contributed by atoms with E-state index in [1.165, 1.54) is 5.56 Å². The number of hydrogen-bond donors (Lipinski definition) is 2. The van der Waals surface area contributed by atoms with Crippen LogP contribution in [0.4, 0.5) is 5.69 Å². The zero-order valence-electron chi connectivity index (χ0n) is 15.6. The number of nitrogens with two attached hydrogens (primary N) is 1.